The van der Waals surface area contributed by atoms with Crippen LogP contribution in [0.25, 0.3) is 22.0 Å². The van der Waals surface area contributed by atoms with Crippen LogP contribution in [0.3, 0.4) is 0 Å². The smallest absolute Gasteiger partial charge is 0.137 e. The van der Waals surface area contributed by atoms with Gasteiger partial charge in [0.15, 0.2) is 0 Å². The number of anilines is 1. The standard InChI is InChI=1S/C23H27N3.ClH/c1-4-25-11-13-26(14-12-25)23-21-10-9-17(2)15-19(21)16-22(24-23)20-8-6-5-7-18(20)3;/h5-10,15-16H,4,11-14H2,1-3H3;1H. The molecule has 1 aliphatic heterocycles. The molecule has 1 saturated heterocycles. The molecule has 1 fully saturated rings. The van der Waals surface area contributed by atoms with Gasteiger partial charge in [-0.3, -0.25) is 0 Å². The maximum absolute atomic E-state index is 5.14. The van der Waals surface area contributed by atoms with Crippen LogP contribution in [0.1, 0.15) is 18.1 Å². The van der Waals surface area contributed by atoms with Crippen LogP contribution in [0.2, 0.25) is 0 Å². The van der Waals surface area contributed by atoms with E-state index in [9.17, 15) is 0 Å². The number of hydrogen-bond acceptors (Lipinski definition) is 3. The molecule has 4 heteroatoms. The first-order valence-corrected chi connectivity index (χ1v) is 9.60. The van der Waals surface area contributed by atoms with E-state index < -0.39 is 0 Å². The van der Waals surface area contributed by atoms with Crippen LogP contribution < -0.4 is 4.90 Å². The van der Waals surface area contributed by atoms with E-state index in [1.54, 1.807) is 0 Å². The first-order chi connectivity index (χ1) is 12.7. The van der Waals surface area contributed by atoms with Gasteiger partial charge in [-0.1, -0.05) is 55.0 Å². The number of fused-ring (bicyclic) bond motifs is 1. The van der Waals surface area contributed by atoms with Gasteiger partial charge in [-0.15, -0.1) is 12.4 Å². The number of pyridine rings is 1. The molecule has 0 aliphatic carbocycles. The fraction of sp³-hybridized carbons (Fsp3) is 0.348. The van der Waals surface area contributed by atoms with Crippen molar-refractivity contribution in [3.05, 3.63) is 59.7 Å². The number of rotatable bonds is 3. The molecule has 3 nitrogen and oxygen atoms in total. The van der Waals surface area contributed by atoms with E-state index in [0.717, 1.165) is 44.2 Å². The average molecular weight is 382 g/mol. The molecule has 0 N–H and O–H groups in total. The van der Waals surface area contributed by atoms with Crippen molar-refractivity contribution < 1.29 is 0 Å². The van der Waals surface area contributed by atoms with E-state index in [0.29, 0.717) is 0 Å². The molecule has 0 atom stereocenters. The number of piperazine rings is 1. The van der Waals surface area contributed by atoms with Crippen LogP contribution in [0.5, 0.6) is 0 Å². The molecule has 2 heterocycles. The second-order valence-corrected chi connectivity index (χ2v) is 7.29. The Labute approximate surface area is 168 Å². The fourth-order valence-corrected chi connectivity index (χ4v) is 3.87. The molecule has 2 aromatic carbocycles. The third-order valence-corrected chi connectivity index (χ3v) is 5.51. The van der Waals surface area contributed by atoms with E-state index >= 15 is 0 Å². The van der Waals surface area contributed by atoms with E-state index in [1.165, 1.54) is 27.5 Å². The molecule has 3 aromatic rings. The highest BCUT2D eigenvalue weighted by Gasteiger charge is 2.20. The van der Waals surface area contributed by atoms with Crippen LogP contribution in [-0.4, -0.2) is 42.6 Å². The SMILES string of the molecule is CCN1CCN(c2nc(-c3ccccc3C)cc3cc(C)ccc23)CC1.Cl. The van der Waals surface area contributed by atoms with Gasteiger partial charge in [0, 0.05) is 37.1 Å². The second-order valence-electron chi connectivity index (χ2n) is 7.29. The highest BCUT2D eigenvalue weighted by atomic mass is 35.5. The Hall–Kier alpha value is -2.10. The lowest BCUT2D eigenvalue weighted by Crippen LogP contribution is -2.46. The predicted octanol–water partition coefficient (Wildman–Crippen LogP) is 5.08. The minimum atomic E-state index is 0. The maximum atomic E-state index is 5.14. The average Bonchev–Trinajstić information content (AvgIpc) is 2.67. The first kappa shape index (κ1) is 19.7. The number of aryl methyl sites for hydroxylation is 2. The molecule has 0 amide bonds. The highest BCUT2D eigenvalue weighted by molar-refractivity contribution is 5.95. The van der Waals surface area contributed by atoms with Gasteiger partial charge in [-0.05, 0) is 37.4 Å². The molecule has 1 aliphatic rings. The zero-order chi connectivity index (χ0) is 18.1. The quantitative estimate of drug-likeness (QED) is 0.630. The molecular weight excluding hydrogens is 354 g/mol. The summed E-state index contributed by atoms with van der Waals surface area (Å²) in [5.74, 6) is 1.14. The van der Waals surface area contributed by atoms with Crippen LogP contribution in [-0.2, 0) is 0 Å². The van der Waals surface area contributed by atoms with E-state index in [4.69, 9.17) is 4.98 Å². The van der Waals surface area contributed by atoms with Crippen molar-refractivity contribution in [2.24, 2.45) is 0 Å². The summed E-state index contributed by atoms with van der Waals surface area (Å²) in [6.07, 6.45) is 0. The lowest BCUT2D eigenvalue weighted by Gasteiger charge is -2.35. The molecule has 0 bridgehead atoms. The van der Waals surface area contributed by atoms with Crippen molar-refractivity contribution >= 4 is 29.0 Å². The van der Waals surface area contributed by atoms with Crippen molar-refractivity contribution in [1.82, 2.24) is 9.88 Å². The molecule has 142 valence electrons. The van der Waals surface area contributed by atoms with Gasteiger partial charge in [0.05, 0.1) is 5.69 Å². The van der Waals surface area contributed by atoms with Crippen LogP contribution >= 0.6 is 12.4 Å². The topological polar surface area (TPSA) is 19.4 Å². The zero-order valence-corrected chi connectivity index (χ0v) is 17.2. The van der Waals surface area contributed by atoms with E-state index in [1.807, 2.05) is 0 Å². The Kier molecular flexibility index (Phi) is 6.03. The minimum absolute atomic E-state index is 0. The highest BCUT2D eigenvalue weighted by Crippen LogP contribution is 2.32. The Morgan fingerprint density at radius 1 is 0.926 bits per heavy atom. The lowest BCUT2D eigenvalue weighted by atomic mass is 10.0. The zero-order valence-electron chi connectivity index (χ0n) is 16.4. The lowest BCUT2D eigenvalue weighted by molar-refractivity contribution is 0.271. The Bertz CT molecular complexity index is 930. The number of aromatic nitrogens is 1. The molecule has 0 radical (unpaired) electrons. The summed E-state index contributed by atoms with van der Waals surface area (Å²) in [7, 11) is 0. The number of hydrogen-bond donors (Lipinski definition) is 0. The Balaban J connectivity index is 0.00000210. The van der Waals surface area contributed by atoms with E-state index in [2.05, 4.69) is 79.1 Å². The summed E-state index contributed by atoms with van der Waals surface area (Å²) in [5, 5.41) is 2.55. The van der Waals surface area contributed by atoms with Gasteiger partial charge in [0.1, 0.15) is 5.82 Å². The van der Waals surface area contributed by atoms with Crippen LogP contribution in [0.15, 0.2) is 48.5 Å². The molecule has 4 rings (SSSR count). The maximum Gasteiger partial charge on any atom is 0.137 e. The van der Waals surface area contributed by atoms with Crippen LogP contribution in [0, 0.1) is 13.8 Å². The minimum Gasteiger partial charge on any atom is -0.354 e. The van der Waals surface area contributed by atoms with Crippen LogP contribution in [0.4, 0.5) is 5.82 Å². The van der Waals surface area contributed by atoms with Gasteiger partial charge in [0.2, 0.25) is 0 Å². The third-order valence-electron chi connectivity index (χ3n) is 5.51. The number of halogens is 1. The molecule has 0 saturated carbocycles. The summed E-state index contributed by atoms with van der Waals surface area (Å²) in [5.41, 5.74) is 4.87. The Morgan fingerprint density at radius 2 is 1.67 bits per heavy atom. The van der Waals surface area contributed by atoms with E-state index in [-0.39, 0.29) is 12.4 Å². The molecule has 1 aromatic heterocycles. The monoisotopic (exact) mass is 381 g/mol. The van der Waals surface area contributed by atoms with Gasteiger partial charge >= 0.3 is 0 Å². The number of likely N-dealkylation sites (N-methyl/N-ethyl adjacent to an activating group) is 1. The van der Waals surface area contributed by atoms with Gasteiger partial charge in [-0.2, -0.15) is 0 Å². The summed E-state index contributed by atoms with van der Waals surface area (Å²) in [4.78, 5) is 10.1. The summed E-state index contributed by atoms with van der Waals surface area (Å²) in [6, 6.07) is 17.5. The second kappa shape index (κ2) is 8.28. The molecule has 27 heavy (non-hydrogen) atoms. The van der Waals surface area contributed by atoms with Crippen molar-refractivity contribution in [2.75, 3.05) is 37.6 Å². The first-order valence-electron chi connectivity index (χ1n) is 9.60. The van der Waals surface area contributed by atoms with Crippen molar-refractivity contribution in [3.63, 3.8) is 0 Å². The summed E-state index contributed by atoms with van der Waals surface area (Å²) < 4.78 is 0. The number of nitrogens with zero attached hydrogens (tertiary/aromatic N) is 3. The Morgan fingerprint density at radius 3 is 2.37 bits per heavy atom. The summed E-state index contributed by atoms with van der Waals surface area (Å²) in [6.45, 7) is 12.0. The predicted molar refractivity (Wildman–Crippen MR) is 118 cm³/mol. The van der Waals surface area contributed by atoms with Gasteiger partial charge in [-0.25, -0.2) is 4.98 Å². The third kappa shape index (κ3) is 3.95. The summed E-state index contributed by atoms with van der Waals surface area (Å²) >= 11 is 0. The van der Waals surface area contributed by atoms with Crippen molar-refractivity contribution in [2.45, 2.75) is 20.8 Å². The molecule has 0 unspecified atom stereocenters. The molecule has 0 spiro atoms. The molecular formula is C23H28ClN3. The normalized spacial score (nSPS) is 15.0. The number of benzene rings is 2. The van der Waals surface area contributed by atoms with Gasteiger partial charge < -0.3 is 9.80 Å². The van der Waals surface area contributed by atoms with Crippen molar-refractivity contribution in [3.8, 4) is 11.3 Å². The van der Waals surface area contributed by atoms with Crippen molar-refractivity contribution in [1.29, 1.82) is 0 Å². The largest absolute Gasteiger partial charge is 0.354 e. The van der Waals surface area contributed by atoms with Gasteiger partial charge in [0.25, 0.3) is 0 Å². The fourth-order valence-electron chi connectivity index (χ4n) is 3.87.